The molecular formula is C15H21NO. The lowest BCUT2D eigenvalue weighted by atomic mass is 9.94. The van der Waals surface area contributed by atoms with Crippen molar-refractivity contribution in [1.29, 1.82) is 0 Å². The Bertz CT molecular complexity index is 373. The molecule has 1 aromatic rings. The minimum absolute atomic E-state index is 0.801. The van der Waals surface area contributed by atoms with Crippen LogP contribution >= 0.6 is 0 Å². The van der Waals surface area contributed by atoms with Crippen molar-refractivity contribution in [3.63, 3.8) is 0 Å². The minimum Gasteiger partial charge on any atom is -0.496 e. The van der Waals surface area contributed by atoms with Crippen LogP contribution in [0.3, 0.4) is 0 Å². The van der Waals surface area contributed by atoms with E-state index >= 15 is 0 Å². The molecule has 2 nitrogen and oxygen atoms in total. The van der Waals surface area contributed by atoms with Crippen LogP contribution in [0.5, 0.6) is 5.75 Å². The summed E-state index contributed by atoms with van der Waals surface area (Å²) in [6.07, 6.45) is 8.37. The number of allylic oxidation sites excluding steroid dienone is 2. The van der Waals surface area contributed by atoms with Gasteiger partial charge in [0.05, 0.1) is 7.11 Å². The molecule has 2 heteroatoms. The Morgan fingerprint density at radius 1 is 1.29 bits per heavy atom. The summed E-state index contributed by atoms with van der Waals surface area (Å²) in [4.78, 5) is 0. The lowest BCUT2D eigenvalue weighted by Gasteiger charge is -2.18. The van der Waals surface area contributed by atoms with Gasteiger partial charge in [0.15, 0.2) is 0 Å². The van der Waals surface area contributed by atoms with Crippen molar-refractivity contribution in [1.82, 2.24) is 5.32 Å². The minimum atomic E-state index is 0.801. The van der Waals surface area contributed by atoms with E-state index in [1.807, 2.05) is 12.1 Å². The summed E-state index contributed by atoms with van der Waals surface area (Å²) in [5, 5.41) is 3.53. The van der Waals surface area contributed by atoms with E-state index in [1.165, 1.54) is 24.8 Å². The van der Waals surface area contributed by atoms with Crippen LogP contribution in [0.25, 0.3) is 0 Å². The van der Waals surface area contributed by atoms with E-state index in [2.05, 4.69) is 29.6 Å². The molecule has 0 saturated carbocycles. The molecule has 1 aromatic carbocycles. The molecule has 0 amide bonds. The van der Waals surface area contributed by atoms with Gasteiger partial charge in [-0.3, -0.25) is 0 Å². The third kappa shape index (κ3) is 3.60. The summed E-state index contributed by atoms with van der Waals surface area (Å²) in [7, 11) is 1.73. The van der Waals surface area contributed by atoms with Gasteiger partial charge in [0.1, 0.15) is 5.75 Å². The second kappa shape index (κ2) is 6.45. The number of hydrogen-bond acceptors (Lipinski definition) is 2. The van der Waals surface area contributed by atoms with Gasteiger partial charge in [-0.25, -0.2) is 0 Å². The van der Waals surface area contributed by atoms with E-state index in [-0.39, 0.29) is 0 Å². The summed E-state index contributed by atoms with van der Waals surface area (Å²) in [6, 6.07) is 8.20. The van der Waals surface area contributed by atoms with Crippen LogP contribution in [0.2, 0.25) is 0 Å². The number of ether oxygens (including phenoxy) is 1. The first-order valence-corrected chi connectivity index (χ1v) is 6.37. The van der Waals surface area contributed by atoms with Crippen LogP contribution in [0.15, 0.2) is 36.4 Å². The molecule has 1 atom stereocenters. The molecule has 2 rings (SSSR count). The maximum atomic E-state index is 5.34. The zero-order valence-corrected chi connectivity index (χ0v) is 10.5. The molecule has 92 valence electrons. The van der Waals surface area contributed by atoms with Gasteiger partial charge in [-0.1, -0.05) is 30.4 Å². The highest BCUT2D eigenvalue weighted by Gasteiger charge is 2.09. The van der Waals surface area contributed by atoms with Gasteiger partial charge in [0.25, 0.3) is 0 Å². The molecule has 0 heterocycles. The number of para-hydroxylation sites is 1. The molecule has 1 N–H and O–H groups in total. The summed E-state index contributed by atoms with van der Waals surface area (Å²) < 4.78 is 5.34. The lowest BCUT2D eigenvalue weighted by Crippen LogP contribution is -2.23. The smallest absolute Gasteiger partial charge is 0.123 e. The Morgan fingerprint density at radius 2 is 2.18 bits per heavy atom. The van der Waals surface area contributed by atoms with E-state index in [4.69, 9.17) is 4.74 Å². The molecule has 0 aromatic heterocycles. The van der Waals surface area contributed by atoms with Gasteiger partial charge in [0.2, 0.25) is 0 Å². The molecule has 0 aliphatic heterocycles. The van der Waals surface area contributed by atoms with Crippen molar-refractivity contribution in [3.8, 4) is 5.75 Å². The number of rotatable bonds is 5. The Morgan fingerprint density at radius 3 is 2.94 bits per heavy atom. The SMILES string of the molecule is COc1ccccc1CNCC1CC=CCC1. The van der Waals surface area contributed by atoms with Gasteiger partial charge < -0.3 is 10.1 Å². The van der Waals surface area contributed by atoms with E-state index < -0.39 is 0 Å². The molecule has 1 unspecified atom stereocenters. The zero-order valence-electron chi connectivity index (χ0n) is 10.5. The van der Waals surface area contributed by atoms with Crippen LogP contribution < -0.4 is 10.1 Å². The highest BCUT2D eigenvalue weighted by molar-refractivity contribution is 5.32. The van der Waals surface area contributed by atoms with Gasteiger partial charge in [-0.15, -0.1) is 0 Å². The fraction of sp³-hybridized carbons (Fsp3) is 0.467. The quantitative estimate of drug-likeness (QED) is 0.786. The van der Waals surface area contributed by atoms with Crippen molar-refractivity contribution < 1.29 is 4.74 Å². The van der Waals surface area contributed by atoms with Crippen molar-refractivity contribution in [2.45, 2.75) is 25.8 Å². The lowest BCUT2D eigenvalue weighted by molar-refractivity contribution is 0.402. The van der Waals surface area contributed by atoms with E-state index in [0.29, 0.717) is 0 Å². The Hall–Kier alpha value is -1.28. The Balaban J connectivity index is 1.79. The molecule has 1 aliphatic rings. The first-order chi connectivity index (χ1) is 8.40. The van der Waals surface area contributed by atoms with Crippen molar-refractivity contribution in [2.75, 3.05) is 13.7 Å². The van der Waals surface area contributed by atoms with Crippen molar-refractivity contribution in [2.24, 2.45) is 5.92 Å². The first-order valence-electron chi connectivity index (χ1n) is 6.37. The predicted octanol–water partition coefficient (Wildman–Crippen LogP) is 3.14. The van der Waals surface area contributed by atoms with E-state index in [0.717, 1.165) is 24.8 Å². The molecule has 0 fully saturated rings. The average molecular weight is 231 g/mol. The second-order valence-corrected chi connectivity index (χ2v) is 4.59. The van der Waals surface area contributed by atoms with Crippen LogP contribution in [-0.2, 0) is 6.54 Å². The highest BCUT2D eigenvalue weighted by Crippen LogP contribution is 2.19. The van der Waals surface area contributed by atoms with Crippen LogP contribution in [-0.4, -0.2) is 13.7 Å². The van der Waals surface area contributed by atoms with Gasteiger partial charge in [-0.2, -0.15) is 0 Å². The summed E-state index contributed by atoms with van der Waals surface area (Å²) >= 11 is 0. The van der Waals surface area contributed by atoms with Gasteiger partial charge >= 0.3 is 0 Å². The van der Waals surface area contributed by atoms with Crippen molar-refractivity contribution >= 4 is 0 Å². The molecule has 1 aliphatic carbocycles. The number of nitrogens with one attached hydrogen (secondary N) is 1. The molecule has 0 bridgehead atoms. The summed E-state index contributed by atoms with van der Waals surface area (Å²) in [5.41, 5.74) is 1.24. The summed E-state index contributed by atoms with van der Waals surface area (Å²) in [6.45, 7) is 1.99. The monoisotopic (exact) mass is 231 g/mol. The fourth-order valence-electron chi connectivity index (χ4n) is 2.30. The average Bonchev–Trinajstić information content (AvgIpc) is 2.40. The Labute approximate surface area is 104 Å². The van der Waals surface area contributed by atoms with E-state index in [1.54, 1.807) is 7.11 Å². The first kappa shape index (κ1) is 12.2. The largest absolute Gasteiger partial charge is 0.496 e. The second-order valence-electron chi connectivity index (χ2n) is 4.59. The molecule has 17 heavy (non-hydrogen) atoms. The van der Waals surface area contributed by atoms with Crippen LogP contribution in [0, 0.1) is 5.92 Å². The zero-order chi connectivity index (χ0) is 11.9. The van der Waals surface area contributed by atoms with Crippen molar-refractivity contribution in [3.05, 3.63) is 42.0 Å². The number of benzene rings is 1. The molecule has 0 saturated heterocycles. The highest BCUT2D eigenvalue weighted by atomic mass is 16.5. The normalized spacial score (nSPS) is 19.2. The van der Waals surface area contributed by atoms with Gasteiger partial charge in [0, 0.05) is 12.1 Å². The van der Waals surface area contributed by atoms with E-state index in [9.17, 15) is 0 Å². The third-order valence-corrected chi connectivity index (χ3v) is 3.32. The van der Waals surface area contributed by atoms with Crippen LogP contribution in [0.4, 0.5) is 0 Å². The molecule has 0 radical (unpaired) electrons. The Kier molecular flexibility index (Phi) is 4.63. The maximum absolute atomic E-state index is 5.34. The standard InChI is InChI=1S/C15H21NO/c1-17-15-10-6-5-9-14(15)12-16-11-13-7-3-2-4-8-13/h2-3,5-6,9-10,13,16H,4,7-8,11-12H2,1H3. The maximum Gasteiger partial charge on any atom is 0.123 e. The van der Waals surface area contributed by atoms with Crippen LogP contribution in [0.1, 0.15) is 24.8 Å². The van der Waals surface area contributed by atoms with Gasteiger partial charge in [-0.05, 0) is 37.8 Å². The predicted molar refractivity (Wildman–Crippen MR) is 71.2 cm³/mol. The third-order valence-electron chi connectivity index (χ3n) is 3.32. The molecule has 0 spiro atoms. The fourth-order valence-corrected chi connectivity index (χ4v) is 2.30. The number of methoxy groups -OCH3 is 1. The molecular weight excluding hydrogens is 210 g/mol. The number of hydrogen-bond donors (Lipinski definition) is 1. The summed E-state index contributed by atoms with van der Waals surface area (Å²) in [5.74, 6) is 1.78. The topological polar surface area (TPSA) is 21.3 Å².